The fraction of sp³-hybridized carbons (Fsp3) is 0.750. The zero-order valence-corrected chi connectivity index (χ0v) is 8.72. The number of tetrazole rings is 1. The lowest BCUT2D eigenvalue weighted by Crippen LogP contribution is -2.34. The van der Waals surface area contributed by atoms with Crippen LogP contribution in [0.25, 0.3) is 0 Å². The summed E-state index contributed by atoms with van der Waals surface area (Å²) in [5.74, 6) is -0.541. The molecule has 0 saturated carbocycles. The van der Waals surface area contributed by atoms with E-state index in [4.69, 9.17) is 0 Å². The highest BCUT2D eigenvalue weighted by atomic mass is 16.3. The number of carbonyl (C=O) groups excluding carboxylic acids is 1. The van der Waals surface area contributed by atoms with E-state index in [9.17, 15) is 9.90 Å². The first-order valence-corrected chi connectivity index (χ1v) is 4.28. The number of aliphatic hydroxyl groups is 1. The molecule has 0 saturated heterocycles. The highest BCUT2D eigenvalue weighted by molar-refractivity contribution is 5.96. The van der Waals surface area contributed by atoms with E-state index in [1.807, 2.05) is 0 Å². The van der Waals surface area contributed by atoms with Gasteiger partial charge in [0.25, 0.3) is 0 Å². The van der Waals surface area contributed by atoms with Crippen molar-refractivity contribution in [3.8, 4) is 0 Å². The number of carbonyl (C=O) groups is 1. The van der Waals surface area contributed by atoms with E-state index in [0.717, 1.165) is 0 Å². The largest absolute Gasteiger partial charge is 0.384 e. The Hall–Kier alpha value is -1.30. The number of rotatable bonds is 2. The summed E-state index contributed by atoms with van der Waals surface area (Å²) in [6, 6.07) is 0. The fourth-order valence-corrected chi connectivity index (χ4v) is 0.898. The monoisotopic (exact) mass is 198 g/mol. The quantitative estimate of drug-likeness (QED) is 0.665. The summed E-state index contributed by atoms with van der Waals surface area (Å²) in [6.07, 6.45) is -1.10. The van der Waals surface area contributed by atoms with Crippen LogP contribution in [0.5, 0.6) is 0 Å². The minimum atomic E-state index is -1.10. The molecule has 0 aromatic carbocycles. The van der Waals surface area contributed by atoms with Crippen LogP contribution in [0.15, 0.2) is 0 Å². The number of nitrogens with zero attached hydrogens (tertiary/aromatic N) is 4. The van der Waals surface area contributed by atoms with E-state index < -0.39 is 17.3 Å². The number of aliphatic hydroxyl groups excluding tert-OH is 1. The zero-order valence-electron chi connectivity index (χ0n) is 8.72. The van der Waals surface area contributed by atoms with E-state index >= 15 is 0 Å². The lowest BCUT2D eigenvalue weighted by atomic mass is 9.86. The molecule has 0 aliphatic heterocycles. The standard InChI is InChI=1S/C8H14N4O2/c1-8(2,3)6(14)5(13)7-9-11-12(4)10-7/h6,14H,1-4H3. The maximum Gasteiger partial charge on any atom is 0.243 e. The molecular weight excluding hydrogens is 184 g/mol. The first-order valence-electron chi connectivity index (χ1n) is 4.28. The van der Waals surface area contributed by atoms with Gasteiger partial charge in [0.1, 0.15) is 6.10 Å². The Labute approximate surface area is 81.9 Å². The summed E-state index contributed by atoms with van der Waals surface area (Å²) in [4.78, 5) is 12.8. The average molecular weight is 198 g/mol. The number of hydrogen-bond donors (Lipinski definition) is 1. The Morgan fingerprint density at radius 3 is 2.43 bits per heavy atom. The Balaban J connectivity index is 2.86. The van der Waals surface area contributed by atoms with Gasteiger partial charge in [-0.3, -0.25) is 4.79 Å². The number of aryl methyl sites for hydroxylation is 1. The van der Waals surface area contributed by atoms with Crippen molar-refractivity contribution in [2.75, 3.05) is 0 Å². The Morgan fingerprint density at radius 2 is 2.07 bits per heavy atom. The van der Waals surface area contributed by atoms with Crippen LogP contribution in [0.2, 0.25) is 0 Å². The van der Waals surface area contributed by atoms with Crippen LogP contribution in [0, 0.1) is 5.41 Å². The van der Waals surface area contributed by atoms with Crippen molar-refractivity contribution in [2.45, 2.75) is 26.9 Å². The Kier molecular flexibility index (Phi) is 2.66. The van der Waals surface area contributed by atoms with Crippen molar-refractivity contribution in [3.63, 3.8) is 0 Å². The second-order valence-corrected chi connectivity index (χ2v) is 4.24. The van der Waals surface area contributed by atoms with Gasteiger partial charge in [0.15, 0.2) is 0 Å². The van der Waals surface area contributed by atoms with Gasteiger partial charge >= 0.3 is 0 Å². The first kappa shape index (κ1) is 10.8. The third kappa shape index (κ3) is 2.14. The second-order valence-electron chi connectivity index (χ2n) is 4.24. The summed E-state index contributed by atoms with van der Waals surface area (Å²) in [5, 5.41) is 20.4. The maximum atomic E-state index is 11.6. The molecule has 1 aromatic heterocycles. The molecule has 0 aliphatic carbocycles. The van der Waals surface area contributed by atoms with Gasteiger partial charge in [0.2, 0.25) is 11.6 Å². The van der Waals surface area contributed by atoms with Crippen molar-refractivity contribution >= 4 is 5.78 Å². The number of Topliss-reactive ketones (excluding diaryl/α,β-unsaturated/α-hetero) is 1. The second kappa shape index (κ2) is 3.45. The minimum absolute atomic E-state index is 0.0464. The topological polar surface area (TPSA) is 80.9 Å². The molecule has 78 valence electrons. The van der Waals surface area contributed by atoms with E-state index in [1.165, 1.54) is 4.80 Å². The molecule has 0 radical (unpaired) electrons. The van der Waals surface area contributed by atoms with Gasteiger partial charge in [0.05, 0.1) is 7.05 Å². The van der Waals surface area contributed by atoms with Crippen LogP contribution in [-0.2, 0) is 7.05 Å². The van der Waals surface area contributed by atoms with Crippen molar-refractivity contribution in [3.05, 3.63) is 5.82 Å². The van der Waals surface area contributed by atoms with Crippen molar-refractivity contribution in [2.24, 2.45) is 12.5 Å². The van der Waals surface area contributed by atoms with Gasteiger partial charge < -0.3 is 5.11 Å². The van der Waals surface area contributed by atoms with E-state index in [2.05, 4.69) is 15.4 Å². The fourth-order valence-electron chi connectivity index (χ4n) is 0.898. The molecule has 1 aromatic rings. The lowest BCUT2D eigenvalue weighted by molar-refractivity contribution is 0.0432. The number of aromatic nitrogens is 4. The van der Waals surface area contributed by atoms with Crippen LogP contribution in [-0.4, -0.2) is 37.2 Å². The summed E-state index contributed by atoms with van der Waals surface area (Å²) >= 11 is 0. The van der Waals surface area contributed by atoms with Gasteiger partial charge in [-0.2, -0.15) is 4.80 Å². The van der Waals surface area contributed by atoms with Gasteiger partial charge in [0, 0.05) is 0 Å². The first-order chi connectivity index (χ1) is 6.32. The van der Waals surface area contributed by atoms with Crippen molar-refractivity contribution < 1.29 is 9.90 Å². The summed E-state index contributed by atoms with van der Waals surface area (Å²) in [6.45, 7) is 5.31. The molecular formula is C8H14N4O2. The zero-order chi connectivity index (χ0) is 10.9. The molecule has 0 aliphatic rings. The molecule has 0 bridgehead atoms. The Bertz CT molecular complexity index is 339. The lowest BCUT2D eigenvalue weighted by Gasteiger charge is -2.22. The minimum Gasteiger partial charge on any atom is -0.384 e. The molecule has 1 N–H and O–H groups in total. The van der Waals surface area contributed by atoms with Crippen molar-refractivity contribution in [1.82, 2.24) is 20.2 Å². The van der Waals surface area contributed by atoms with E-state index in [-0.39, 0.29) is 5.82 Å². The van der Waals surface area contributed by atoms with Gasteiger partial charge in [-0.05, 0) is 10.6 Å². The van der Waals surface area contributed by atoms with Crippen LogP contribution >= 0.6 is 0 Å². The molecule has 0 amide bonds. The highest BCUT2D eigenvalue weighted by Crippen LogP contribution is 2.21. The maximum absolute atomic E-state index is 11.6. The van der Waals surface area contributed by atoms with Crippen LogP contribution < -0.4 is 0 Å². The summed E-state index contributed by atoms with van der Waals surface area (Å²) in [7, 11) is 1.56. The molecule has 1 atom stereocenters. The summed E-state index contributed by atoms with van der Waals surface area (Å²) in [5.41, 5.74) is -0.518. The van der Waals surface area contributed by atoms with Crippen LogP contribution in [0.3, 0.4) is 0 Å². The molecule has 1 unspecified atom stereocenters. The van der Waals surface area contributed by atoms with Gasteiger partial charge in [-0.25, -0.2) is 0 Å². The van der Waals surface area contributed by atoms with E-state index in [0.29, 0.717) is 0 Å². The Morgan fingerprint density at radius 1 is 1.50 bits per heavy atom. The van der Waals surface area contributed by atoms with E-state index in [1.54, 1.807) is 27.8 Å². The predicted octanol–water partition coefficient (Wildman–Crippen LogP) is -0.200. The molecule has 6 nitrogen and oxygen atoms in total. The van der Waals surface area contributed by atoms with Gasteiger partial charge in [-0.15, -0.1) is 10.2 Å². The molecule has 6 heteroatoms. The average Bonchev–Trinajstić information content (AvgIpc) is 2.47. The van der Waals surface area contributed by atoms with Crippen LogP contribution in [0.1, 0.15) is 31.4 Å². The predicted molar refractivity (Wildman–Crippen MR) is 48.6 cm³/mol. The smallest absolute Gasteiger partial charge is 0.243 e. The number of hydrogen-bond acceptors (Lipinski definition) is 5. The number of ketones is 1. The molecule has 0 spiro atoms. The highest BCUT2D eigenvalue weighted by Gasteiger charge is 2.32. The van der Waals surface area contributed by atoms with Crippen LogP contribution in [0.4, 0.5) is 0 Å². The molecule has 0 fully saturated rings. The van der Waals surface area contributed by atoms with Crippen molar-refractivity contribution in [1.29, 1.82) is 0 Å². The SMILES string of the molecule is Cn1nnc(C(=O)C(O)C(C)(C)C)n1. The van der Waals surface area contributed by atoms with Gasteiger partial charge in [-0.1, -0.05) is 20.8 Å². The molecule has 1 rings (SSSR count). The third-order valence-electron chi connectivity index (χ3n) is 1.80. The third-order valence-corrected chi connectivity index (χ3v) is 1.80. The molecule has 14 heavy (non-hydrogen) atoms. The summed E-state index contributed by atoms with van der Waals surface area (Å²) < 4.78 is 0. The molecule has 1 heterocycles. The normalized spacial score (nSPS) is 14.1.